The molecule has 2 unspecified atom stereocenters. The van der Waals surface area contributed by atoms with Gasteiger partial charge in [0.05, 0.1) is 23.4 Å². The zero-order chi connectivity index (χ0) is 49.0. The third-order valence-electron chi connectivity index (χ3n) is 9.23. The number of benzene rings is 2. The zero-order valence-electron chi connectivity index (χ0n) is 38.6. The van der Waals surface area contributed by atoms with Crippen LogP contribution in [0, 0.1) is 21.0 Å². The minimum atomic E-state index is -0.933. The fourth-order valence-electron chi connectivity index (χ4n) is 5.65. The Kier molecular flexibility index (Phi) is 20.2. The Morgan fingerprint density at radius 3 is 1.31 bits per heavy atom. The van der Waals surface area contributed by atoms with Crippen molar-refractivity contribution < 1.29 is 38.1 Å². The molecule has 2 atom stereocenters. The first-order valence-electron chi connectivity index (χ1n) is 19.7. The molecule has 0 saturated heterocycles. The van der Waals surface area contributed by atoms with E-state index in [-0.39, 0.29) is 23.2 Å². The highest BCUT2D eigenvalue weighted by Gasteiger charge is 2.27. The lowest BCUT2D eigenvalue weighted by Crippen LogP contribution is -2.45. The minimum absolute atomic E-state index is 0.177. The van der Waals surface area contributed by atoms with Crippen molar-refractivity contribution in [3.63, 3.8) is 0 Å². The average molecular weight is 1120 g/mol. The van der Waals surface area contributed by atoms with Crippen LogP contribution >= 0.6 is 45.2 Å². The van der Waals surface area contributed by atoms with Crippen LogP contribution in [0.15, 0.2) is 67.7 Å². The maximum Gasteiger partial charge on any atom is 0.408 e. The van der Waals surface area contributed by atoms with Gasteiger partial charge in [-0.05, 0) is 129 Å². The molecular weight excluding hydrogens is 1060 g/mol. The zero-order valence-corrected chi connectivity index (χ0v) is 42.9. The van der Waals surface area contributed by atoms with Crippen LogP contribution in [-0.2, 0) is 69.6 Å². The lowest BCUT2D eigenvalue weighted by Gasteiger charge is -2.22. The van der Waals surface area contributed by atoms with Crippen LogP contribution in [-0.4, -0.2) is 79.9 Å². The van der Waals surface area contributed by atoms with Crippen LogP contribution in [0.25, 0.3) is 11.1 Å². The van der Waals surface area contributed by atoms with E-state index in [0.29, 0.717) is 32.5 Å². The number of alkyl carbamates (subject to hydrolysis) is 2. The number of hydrogen-bond acceptors (Lipinski definition) is 12. The highest BCUT2D eigenvalue weighted by molar-refractivity contribution is 14.1. The van der Waals surface area contributed by atoms with Crippen LogP contribution in [0.3, 0.4) is 0 Å². The predicted octanol–water partition coefficient (Wildman–Crippen LogP) is 4.57. The van der Waals surface area contributed by atoms with Gasteiger partial charge in [-0.15, -0.1) is 0 Å². The van der Waals surface area contributed by atoms with Crippen molar-refractivity contribution in [2.45, 2.75) is 91.5 Å². The SMILES string of the molecule is COC(=O)C(Cc1ccc(-c2c(C)n(C)c(=O)n(C)c2=O)cc1)NC(=O)OC(C)(C)C.COC(=O)C(Cc1ccc(I)cc1)NC(=O)OC(C)(C)C.Cc1c(I)c(=O)n(C)c(=O)n1C. The molecule has 0 fully saturated rings. The van der Waals surface area contributed by atoms with Crippen molar-refractivity contribution >= 4 is 69.3 Å². The van der Waals surface area contributed by atoms with Gasteiger partial charge in [-0.3, -0.25) is 23.3 Å². The average Bonchev–Trinajstić information content (AvgIpc) is 3.22. The Morgan fingerprint density at radius 2 is 0.938 bits per heavy atom. The van der Waals surface area contributed by atoms with E-state index < -0.39 is 53.1 Å². The molecule has 0 aliphatic carbocycles. The van der Waals surface area contributed by atoms with Crippen LogP contribution in [0.4, 0.5) is 9.59 Å². The van der Waals surface area contributed by atoms with E-state index in [2.05, 4.69) is 33.2 Å². The number of carbonyl (C=O) groups excluding carboxylic acids is 4. The van der Waals surface area contributed by atoms with Gasteiger partial charge in [0.1, 0.15) is 23.3 Å². The van der Waals surface area contributed by atoms with Gasteiger partial charge in [-0.2, -0.15) is 0 Å². The molecule has 20 heteroatoms. The number of aromatic nitrogens is 4. The quantitative estimate of drug-likeness (QED) is 0.134. The molecule has 0 spiro atoms. The molecule has 2 aromatic carbocycles. The minimum Gasteiger partial charge on any atom is -0.467 e. The summed E-state index contributed by atoms with van der Waals surface area (Å²) in [4.78, 5) is 95.1. The van der Waals surface area contributed by atoms with Crippen molar-refractivity contribution in [1.82, 2.24) is 28.9 Å². The molecule has 64 heavy (non-hydrogen) atoms. The number of halogens is 2. The third-order valence-corrected chi connectivity index (χ3v) is 11.2. The Hall–Kier alpha value is -5.26. The van der Waals surface area contributed by atoms with Crippen molar-refractivity contribution in [2.24, 2.45) is 28.2 Å². The van der Waals surface area contributed by atoms with Gasteiger partial charge >= 0.3 is 35.5 Å². The molecule has 0 bridgehead atoms. The maximum atomic E-state index is 12.6. The summed E-state index contributed by atoms with van der Waals surface area (Å²) in [7, 11) is 8.71. The largest absolute Gasteiger partial charge is 0.467 e. The van der Waals surface area contributed by atoms with E-state index in [4.69, 9.17) is 18.9 Å². The molecule has 2 N–H and O–H groups in total. The van der Waals surface area contributed by atoms with E-state index in [1.165, 1.54) is 37.4 Å². The van der Waals surface area contributed by atoms with Gasteiger partial charge in [0.25, 0.3) is 11.1 Å². The monoisotopic (exact) mass is 1120 g/mol. The summed E-state index contributed by atoms with van der Waals surface area (Å²) in [6.07, 6.45) is -0.827. The molecule has 4 rings (SSSR count). The Morgan fingerprint density at radius 1 is 0.578 bits per heavy atom. The summed E-state index contributed by atoms with van der Waals surface area (Å²) in [6, 6.07) is 13.0. The summed E-state index contributed by atoms with van der Waals surface area (Å²) >= 11 is 4.15. The first kappa shape index (κ1) is 54.9. The highest BCUT2D eigenvalue weighted by atomic mass is 127. The summed E-state index contributed by atoms with van der Waals surface area (Å²) in [5.74, 6) is -1.10. The van der Waals surface area contributed by atoms with Crippen molar-refractivity contribution in [3.8, 4) is 11.1 Å². The van der Waals surface area contributed by atoms with Crippen molar-refractivity contribution in [1.29, 1.82) is 0 Å². The Balaban J connectivity index is 0.000000366. The summed E-state index contributed by atoms with van der Waals surface area (Å²) in [5, 5.41) is 5.08. The fourth-order valence-corrected chi connectivity index (χ4v) is 6.74. The second kappa shape index (κ2) is 23.6. The van der Waals surface area contributed by atoms with E-state index in [1.807, 2.05) is 46.9 Å². The van der Waals surface area contributed by atoms with Crippen LogP contribution < -0.4 is 33.1 Å². The standard InChI is InChI=1S/C22H29N3O6.C15H20INO4.C7H9IN2O2/c1-13-17(18(26)25(6)21(29)24(13)5)15-10-8-14(9-11-15)12-16(19(27)30-7)23-20(28)31-22(2,3)4;1-15(2,3)21-14(19)17-12(13(18)20-4)9-10-5-7-11(16)8-6-10;1-4-5(8)6(11)10(3)7(12)9(4)2/h8-11,16H,12H2,1-7H3,(H,23,28);5-8,12H,9H2,1-4H3,(H,17,19);1-3H3. The first-order valence-corrected chi connectivity index (χ1v) is 21.9. The molecule has 4 aromatic rings. The van der Waals surface area contributed by atoms with E-state index >= 15 is 0 Å². The Labute approximate surface area is 398 Å². The third kappa shape index (κ3) is 16.1. The second-order valence-corrected chi connectivity index (χ2v) is 18.8. The number of ether oxygens (including phenoxy) is 4. The van der Waals surface area contributed by atoms with Crippen molar-refractivity contribution in [2.75, 3.05) is 14.2 Å². The fraction of sp³-hybridized carbons (Fsp3) is 0.455. The second-order valence-electron chi connectivity index (χ2n) is 16.4. The molecule has 0 aliphatic heterocycles. The lowest BCUT2D eigenvalue weighted by molar-refractivity contribution is -0.143. The molecule has 18 nitrogen and oxygen atoms in total. The Bertz CT molecular complexity index is 2510. The van der Waals surface area contributed by atoms with Crippen LogP contribution in [0.2, 0.25) is 0 Å². The van der Waals surface area contributed by atoms with Gasteiger partial charge < -0.3 is 34.1 Å². The van der Waals surface area contributed by atoms with E-state index in [1.54, 1.807) is 93.8 Å². The number of carbonyl (C=O) groups is 4. The number of nitrogens with one attached hydrogen (secondary N) is 2. The van der Waals surface area contributed by atoms with Crippen LogP contribution in [0.5, 0.6) is 0 Å². The summed E-state index contributed by atoms with van der Waals surface area (Å²) < 4.78 is 26.6. The van der Waals surface area contributed by atoms with Crippen LogP contribution in [0.1, 0.15) is 64.1 Å². The molecule has 2 heterocycles. The number of rotatable bonds is 9. The van der Waals surface area contributed by atoms with Gasteiger partial charge in [-0.25, -0.2) is 28.8 Å². The summed E-state index contributed by atoms with van der Waals surface area (Å²) in [5.41, 5.74) is 1.41. The molecule has 0 radical (unpaired) electrons. The topological polar surface area (TPSA) is 217 Å². The first-order chi connectivity index (χ1) is 29.5. The van der Waals surface area contributed by atoms with Gasteiger partial charge in [0.15, 0.2) is 0 Å². The number of methoxy groups -OCH3 is 2. The molecule has 2 aromatic heterocycles. The number of nitrogens with zero attached hydrogens (tertiary/aromatic N) is 4. The van der Waals surface area contributed by atoms with Crippen molar-refractivity contribution in [3.05, 3.63) is 120 Å². The molecule has 2 amide bonds. The van der Waals surface area contributed by atoms with Gasteiger partial charge in [0.2, 0.25) is 0 Å². The lowest BCUT2D eigenvalue weighted by atomic mass is 10.0. The smallest absolute Gasteiger partial charge is 0.408 e. The highest BCUT2D eigenvalue weighted by Crippen LogP contribution is 2.20. The molecular formula is C44H58I2N6O12. The normalized spacial score (nSPS) is 11.9. The molecule has 350 valence electrons. The number of esters is 2. The number of amides is 2. The summed E-state index contributed by atoms with van der Waals surface area (Å²) in [6.45, 7) is 13.9. The molecule has 0 aliphatic rings. The van der Waals surface area contributed by atoms with E-state index in [0.717, 1.165) is 23.8 Å². The van der Waals surface area contributed by atoms with E-state index in [9.17, 15) is 38.4 Å². The predicted molar refractivity (Wildman–Crippen MR) is 258 cm³/mol. The number of hydrogen-bond donors (Lipinski definition) is 2. The molecule has 0 saturated carbocycles. The maximum absolute atomic E-state index is 12.6. The van der Waals surface area contributed by atoms with Gasteiger partial charge in [0, 0.05) is 56.0 Å². The van der Waals surface area contributed by atoms with Gasteiger partial charge in [-0.1, -0.05) is 36.4 Å².